The largest absolute Gasteiger partial charge is 0.369 e. The summed E-state index contributed by atoms with van der Waals surface area (Å²) in [6.07, 6.45) is -1.64. The van der Waals surface area contributed by atoms with E-state index in [4.69, 9.17) is 17.3 Å². The lowest BCUT2D eigenvalue weighted by Crippen LogP contribution is -2.41. The van der Waals surface area contributed by atoms with Gasteiger partial charge in [0, 0.05) is 18.3 Å². The first-order valence-electron chi connectivity index (χ1n) is 9.17. The molecule has 0 saturated carbocycles. The SMILES string of the molecule is CN1C(=O)C(c2cc(Cl)cc(-c3ccc(F)cc3)c2)(c2ccnc(C(F)F)c2)N=C1N. The zero-order valence-corrected chi connectivity index (χ0v) is 16.9. The van der Waals surface area contributed by atoms with E-state index in [9.17, 15) is 18.0 Å². The molecule has 1 aliphatic rings. The summed E-state index contributed by atoms with van der Waals surface area (Å²) in [5.74, 6) is -0.990. The van der Waals surface area contributed by atoms with Crippen molar-refractivity contribution in [1.82, 2.24) is 9.88 Å². The van der Waals surface area contributed by atoms with Gasteiger partial charge in [0.15, 0.2) is 11.5 Å². The van der Waals surface area contributed by atoms with Gasteiger partial charge in [0.1, 0.15) is 11.5 Å². The number of hydrogen-bond acceptors (Lipinski definition) is 4. The van der Waals surface area contributed by atoms with Gasteiger partial charge in [0.25, 0.3) is 12.3 Å². The topological polar surface area (TPSA) is 71.6 Å². The van der Waals surface area contributed by atoms with Gasteiger partial charge in [-0.05, 0) is 64.7 Å². The highest BCUT2D eigenvalue weighted by Gasteiger charge is 2.50. The van der Waals surface area contributed by atoms with Crippen molar-refractivity contribution in [1.29, 1.82) is 0 Å². The first-order valence-corrected chi connectivity index (χ1v) is 9.55. The number of guanidine groups is 1. The molecule has 0 bridgehead atoms. The molecule has 0 radical (unpaired) electrons. The number of aromatic nitrogens is 1. The number of carbonyl (C=O) groups is 1. The molecule has 0 saturated heterocycles. The second-order valence-electron chi connectivity index (χ2n) is 7.05. The normalized spacial score (nSPS) is 18.6. The number of nitrogens with zero attached hydrogens (tertiary/aromatic N) is 3. The molecule has 4 rings (SSSR count). The van der Waals surface area contributed by atoms with Crippen molar-refractivity contribution in [3.8, 4) is 11.1 Å². The third kappa shape index (κ3) is 3.53. The Hall–Kier alpha value is -3.39. The molecule has 1 aromatic heterocycles. The summed E-state index contributed by atoms with van der Waals surface area (Å²) >= 11 is 6.35. The number of alkyl halides is 2. The summed E-state index contributed by atoms with van der Waals surface area (Å²) in [6, 6.07) is 13.2. The summed E-state index contributed by atoms with van der Waals surface area (Å²) in [7, 11) is 1.45. The van der Waals surface area contributed by atoms with Crippen molar-refractivity contribution in [3.63, 3.8) is 0 Å². The Morgan fingerprint density at radius 2 is 1.74 bits per heavy atom. The molecule has 2 heterocycles. The Kier molecular flexibility index (Phi) is 5.18. The lowest BCUT2D eigenvalue weighted by molar-refractivity contribution is -0.129. The monoisotopic (exact) mass is 444 g/mol. The fourth-order valence-corrected chi connectivity index (χ4v) is 3.82. The van der Waals surface area contributed by atoms with E-state index in [1.54, 1.807) is 24.3 Å². The van der Waals surface area contributed by atoms with Crippen LogP contribution in [0.4, 0.5) is 13.2 Å². The maximum Gasteiger partial charge on any atom is 0.280 e. The molecule has 5 nitrogen and oxygen atoms in total. The van der Waals surface area contributed by atoms with E-state index in [1.165, 1.54) is 37.5 Å². The Balaban J connectivity index is 1.97. The first kappa shape index (κ1) is 20.9. The minimum Gasteiger partial charge on any atom is -0.369 e. The predicted molar refractivity (Wildman–Crippen MR) is 111 cm³/mol. The molecule has 31 heavy (non-hydrogen) atoms. The zero-order chi connectivity index (χ0) is 22.3. The van der Waals surface area contributed by atoms with Crippen molar-refractivity contribution in [3.05, 3.63) is 88.5 Å². The van der Waals surface area contributed by atoms with Crippen LogP contribution in [0.3, 0.4) is 0 Å². The van der Waals surface area contributed by atoms with Crippen LogP contribution < -0.4 is 5.73 Å². The van der Waals surface area contributed by atoms with Crippen LogP contribution in [0.1, 0.15) is 23.2 Å². The molecule has 2 aromatic carbocycles. The molecule has 0 fully saturated rings. The average Bonchev–Trinajstić information content (AvgIpc) is 2.99. The molecule has 1 unspecified atom stereocenters. The zero-order valence-electron chi connectivity index (χ0n) is 16.2. The molecule has 1 amide bonds. The third-order valence-corrected chi connectivity index (χ3v) is 5.37. The van der Waals surface area contributed by atoms with Crippen LogP contribution in [0.2, 0.25) is 5.02 Å². The summed E-state index contributed by atoms with van der Waals surface area (Å²) in [5, 5.41) is 0.287. The van der Waals surface area contributed by atoms with Gasteiger partial charge in [-0.1, -0.05) is 23.7 Å². The molecule has 9 heteroatoms. The highest BCUT2D eigenvalue weighted by molar-refractivity contribution is 6.31. The molecule has 1 aliphatic heterocycles. The highest BCUT2D eigenvalue weighted by Crippen LogP contribution is 2.42. The molecule has 2 N–H and O–H groups in total. The Labute approximate surface area is 181 Å². The van der Waals surface area contributed by atoms with Gasteiger partial charge in [-0.2, -0.15) is 0 Å². The van der Waals surface area contributed by atoms with Crippen LogP contribution in [0.15, 0.2) is 65.8 Å². The van der Waals surface area contributed by atoms with Gasteiger partial charge < -0.3 is 5.73 Å². The number of pyridine rings is 1. The summed E-state index contributed by atoms with van der Waals surface area (Å²) in [6.45, 7) is 0. The number of benzene rings is 2. The van der Waals surface area contributed by atoms with Gasteiger partial charge in [-0.3, -0.25) is 14.7 Å². The second kappa shape index (κ2) is 7.70. The average molecular weight is 445 g/mol. The fraction of sp³-hybridized carbons (Fsp3) is 0.136. The van der Waals surface area contributed by atoms with Crippen LogP contribution >= 0.6 is 11.6 Å². The Bertz CT molecular complexity index is 1200. The van der Waals surface area contributed by atoms with E-state index < -0.39 is 29.4 Å². The molecule has 3 aromatic rings. The predicted octanol–water partition coefficient (Wildman–Crippen LogP) is 4.51. The Morgan fingerprint density at radius 1 is 1.03 bits per heavy atom. The molecule has 0 aliphatic carbocycles. The number of likely N-dealkylation sites (N-methyl/N-ethyl adjacent to an activating group) is 1. The first-order chi connectivity index (χ1) is 14.7. The number of halogens is 4. The van der Waals surface area contributed by atoms with Gasteiger partial charge in [0.05, 0.1) is 0 Å². The lowest BCUT2D eigenvalue weighted by atomic mass is 9.81. The van der Waals surface area contributed by atoms with E-state index in [0.29, 0.717) is 16.7 Å². The smallest absolute Gasteiger partial charge is 0.280 e. The van der Waals surface area contributed by atoms with Crippen molar-refractivity contribution in [2.75, 3.05) is 7.05 Å². The quantitative estimate of drug-likeness (QED) is 0.643. The van der Waals surface area contributed by atoms with E-state index in [-0.39, 0.29) is 16.5 Å². The van der Waals surface area contributed by atoms with Gasteiger partial charge in [-0.15, -0.1) is 0 Å². The van der Waals surface area contributed by atoms with Crippen molar-refractivity contribution < 1.29 is 18.0 Å². The maximum atomic E-state index is 13.4. The van der Waals surface area contributed by atoms with Crippen LogP contribution in [0, 0.1) is 5.82 Å². The minimum absolute atomic E-state index is 0.0660. The number of carbonyl (C=O) groups excluding carboxylic acids is 1. The summed E-state index contributed by atoms with van der Waals surface area (Å²) < 4.78 is 40.0. The highest BCUT2D eigenvalue weighted by atomic mass is 35.5. The van der Waals surface area contributed by atoms with Crippen molar-refractivity contribution in [2.45, 2.75) is 12.0 Å². The van der Waals surface area contributed by atoms with Crippen LogP contribution in [-0.4, -0.2) is 28.8 Å². The van der Waals surface area contributed by atoms with Gasteiger partial charge in [-0.25, -0.2) is 18.2 Å². The van der Waals surface area contributed by atoms with Crippen LogP contribution in [0.5, 0.6) is 0 Å². The van der Waals surface area contributed by atoms with Crippen molar-refractivity contribution in [2.24, 2.45) is 10.7 Å². The Morgan fingerprint density at radius 3 is 2.35 bits per heavy atom. The van der Waals surface area contributed by atoms with Crippen molar-refractivity contribution >= 4 is 23.5 Å². The lowest BCUT2D eigenvalue weighted by Gasteiger charge is -2.27. The minimum atomic E-state index is -2.83. The molecule has 1 atom stereocenters. The van der Waals surface area contributed by atoms with Gasteiger partial charge in [0.2, 0.25) is 0 Å². The molecular weight excluding hydrogens is 429 g/mol. The van der Waals surface area contributed by atoms with E-state index in [2.05, 4.69) is 9.98 Å². The number of hydrogen-bond donors (Lipinski definition) is 1. The molecule has 0 spiro atoms. The van der Waals surface area contributed by atoms with Gasteiger partial charge >= 0.3 is 0 Å². The van der Waals surface area contributed by atoms with E-state index in [0.717, 1.165) is 11.0 Å². The maximum absolute atomic E-state index is 13.4. The summed E-state index contributed by atoms with van der Waals surface area (Å²) in [5.41, 5.74) is 5.50. The standard InChI is InChI=1S/C22H16ClF3N4O/c1-30-20(31)22(29-21(30)27,14-6-7-28-18(11-14)19(25)26)15-8-13(9-16(23)10-15)12-2-4-17(24)5-3-12/h2-11,19H,1H3,(H2,27,29). The third-order valence-electron chi connectivity index (χ3n) is 5.16. The fourth-order valence-electron chi connectivity index (χ4n) is 3.58. The van der Waals surface area contributed by atoms with E-state index >= 15 is 0 Å². The van der Waals surface area contributed by atoms with Crippen LogP contribution in [-0.2, 0) is 10.3 Å². The second-order valence-corrected chi connectivity index (χ2v) is 7.49. The summed E-state index contributed by atoms with van der Waals surface area (Å²) in [4.78, 5) is 22.6. The number of nitrogens with two attached hydrogens (primary N) is 1. The number of rotatable bonds is 4. The molecule has 158 valence electrons. The number of amides is 1. The molecular formula is C22H16ClF3N4O. The number of aliphatic imine (C=N–C) groups is 1. The van der Waals surface area contributed by atoms with E-state index in [1.807, 2.05) is 0 Å². The van der Waals surface area contributed by atoms with Crippen LogP contribution in [0.25, 0.3) is 11.1 Å².